The zero-order valence-corrected chi connectivity index (χ0v) is 12.3. The third-order valence-electron chi connectivity index (χ3n) is 3.34. The topological polar surface area (TPSA) is 81.7 Å². The Morgan fingerprint density at radius 1 is 1.29 bits per heavy atom. The summed E-state index contributed by atoms with van der Waals surface area (Å²) in [4.78, 5) is 24.5. The Morgan fingerprint density at radius 3 is 2.48 bits per heavy atom. The molecular formula is C14H18ClN3O3. The Labute approximate surface area is 128 Å². The molecule has 1 aromatic carbocycles. The van der Waals surface area contributed by atoms with Gasteiger partial charge in [0, 0.05) is 16.8 Å². The van der Waals surface area contributed by atoms with E-state index in [1.807, 2.05) is 0 Å². The SMILES string of the molecule is O=C(O)CN(C(=O)NC1CCNCC1)c1ccc(Cl)cc1. The standard InChI is InChI=1S/C14H18ClN3O3/c15-10-1-3-12(4-2-10)18(9-13(19)20)14(21)17-11-5-7-16-8-6-11/h1-4,11,16H,5-9H2,(H,17,21)(H,19,20). The lowest BCUT2D eigenvalue weighted by Crippen LogP contribution is -2.49. The molecule has 1 aromatic rings. The van der Waals surface area contributed by atoms with Crippen molar-refractivity contribution in [1.82, 2.24) is 10.6 Å². The van der Waals surface area contributed by atoms with Crippen LogP contribution in [0.5, 0.6) is 0 Å². The molecule has 1 fully saturated rings. The number of carboxylic acids is 1. The minimum absolute atomic E-state index is 0.0716. The fraction of sp³-hybridized carbons (Fsp3) is 0.429. The third kappa shape index (κ3) is 4.61. The van der Waals surface area contributed by atoms with Gasteiger partial charge in [-0.25, -0.2) is 4.79 Å². The molecule has 0 aromatic heterocycles. The summed E-state index contributed by atoms with van der Waals surface area (Å²) in [5.74, 6) is -1.06. The van der Waals surface area contributed by atoms with Gasteiger partial charge in [0.2, 0.25) is 0 Å². The van der Waals surface area contributed by atoms with Crippen LogP contribution in [0.2, 0.25) is 5.02 Å². The van der Waals surface area contributed by atoms with Gasteiger partial charge in [0.1, 0.15) is 6.54 Å². The monoisotopic (exact) mass is 311 g/mol. The fourth-order valence-corrected chi connectivity index (χ4v) is 2.38. The van der Waals surface area contributed by atoms with Gasteiger partial charge in [-0.3, -0.25) is 9.69 Å². The number of carbonyl (C=O) groups is 2. The lowest BCUT2D eigenvalue weighted by molar-refractivity contribution is -0.135. The molecule has 0 aliphatic carbocycles. The van der Waals surface area contributed by atoms with E-state index in [0.717, 1.165) is 25.9 Å². The number of urea groups is 1. The van der Waals surface area contributed by atoms with Crippen molar-refractivity contribution in [2.24, 2.45) is 0 Å². The first kappa shape index (κ1) is 15.6. The summed E-state index contributed by atoms with van der Waals surface area (Å²) in [6.07, 6.45) is 1.68. The van der Waals surface area contributed by atoms with Gasteiger partial charge in [-0.05, 0) is 50.2 Å². The minimum Gasteiger partial charge on any atom is -0.480 e. The molecular weight excluding hydrogens is 294 g/mol. The molecule has 21 heavy (non-hydrogen) atoms. The molecule has 0 radical (unpaired) electrons. The van der Waals surface area contributed by atoms with Gasteiger partial charge in [0.05, 0.1) is 0 Å². The first-order valence-electron chi connectivity index (χ1n) is 6.82. The van der Waals surface area contributed by atoms with Crippen LogP contribution in [0.25, 0.3) is 0 Å². The number of amides is 2. The van der Waals surface area contributed by atoms with Gasteiger partial charge in [-0.15, -0.1) is 0 Å². The molecule has 0 saturated carbocycles. The van der Waals surface area contributed by atoms with E-state index in [1.54, 1.807) is 24.3 Å². The number of hydrogen-bond acceptors (Lipinski definition) is 3. The summed E-state index contributed by atoms with van der Waals surface area (Å²) in [5.41, 5.74) is 0.508. The van der Waals surface area contributed by atoms with Gasteiger partial charge in [0.15, 0.2) is 0 Å². The molecule has 114 valence electrons. The van der Waals surface area contributed by atoms with E-state index in [4.69, 9.17) is 16.7 Å². The maximum atomic E-state index is 12.3. The lowest BCUT2D eigenvalue weighted by atomic mass is 10.1. The van der Waals surface area contributed by atoms with E-state index in [1.165, 1.54) is 4.90 Å². The zero-order chi connectivity index (χ0) is 15.2. The van der Waals surface area contributed by atoms with E-state index in [2.05, 4.69) is 10.6 Å². The number of piperidine rings is 1. The Balaban J connectivity index is 2.08. The van der Waals surface area contributed by atoms with Gasteiger partial charge in [-0.1, -0.05) is 11.6 Å². The molecule has 2 rings (SSSR count). The first-order chi connectivity index (χ1) is 10.1. The number of anilines is 1. The fourth-order valence-electron chi connectivity index (χ4n) is 2.26. The summed E-state index contributed by atoms with van der Waals surface area (Å²) in [6.45, 7) is 1.31. The number of hydrogen-bond donors (Lipinski definition) is 3. The average Bonchev–Trinajstić information content (AvgIpc) is 2.46. The number of benzene rings is 1. The van der Waals surface area contributed by atoms with E-state index < -0.39 is 18.5 Å². The second kappa shape index (κ2) is 7.28. The minimum atomic E-state index is -1.06. The highest BCUT2D eigenvalue weighted by Crippen LogP contribution is 2.18. The number of halogens is 1. The predicted octanol–water partition coefficient (Wildman–Crippen LogP) is 1.69. The van der Waals surface area contributed by atoms with Crippen molar-refractivity contribution in [2.45, 2.75) is 18.9 Å². The average molecular weight is 312 g/mol. The van der Waals surface area contributed by atoms with Crippen LogP contribution in [0, 0.1) is 0 Å². The van der Waals surface area contributed by atoms with Crippen LogP contribution in [-0.2, 0) is 4.79 Å². The van der Waals surface area contributed by atoms with Gasteiger partial charge < -0.3 is 15.7 Å². The number of rotatable bonds is 4. The van der Waals surface area contributed by atoms with Crippen molar-refractivity contribution in [3.05, 3.63) is 29.3 Å². The summed E-state index contributed by atoms with van der Waals surface area (Å²) < 4.78 is 0. The van der Waals surface area contributed by atoms with Crippen molar-refractivity contribution in [3.8, 4) is 0 Å². The largest absolute Gasteiger partial charge is 0.480 e. The van der Waals surface area contributed by atoms with Gasteiger partial charge in [-0.2, -0.15) is 0 Å². The summed E-state index contributed by atoms with van der Waals surface area (Å²) >= 11 is 5.81. The molecule has 2 amide bonds. The van der Waals surface area contributed by atoms with Crippen molar-refractivity contribution in [3.63, 3.8) is 0 Å². The Hall–Kier alpha value is -1.79. The summed E-state index contributed by atoms with van der Waals surface area (Å²) in [5, 5.41) is 15.6. The molecule has 3 N–H and O–H groups in total. The maximum absolute atomic E-state index is 12.3. The van der Waals surface area contributed by atoms with Crippen LogP contribution < -0.4 is 15.5 Å². The molecule has 1 saturated heterocycles. The van der Waals surface area contributed by atoms with Crippen LogP contribution in [0.15, 0.2) is 24.3 Å². The Kier molecular flexibility index (Phi) is 5.41. The van der Waals surface area contributed by atoms with E-state index in [-0.39, 0.29) is 6.04 Å². The number of aliphatic carboxylic acids is 1. The highest BCUT2D eigenvalue weighted by Gasteiger charge is 2.22. The number of nitrogens with zero attached hydrogens (tertiary/aromatic N) is 1. The van der Waals surface area contributed by atoms with Crippen molar-refractivity contribution in [2.75, 3.05) is 24.5 Å². The predicted molar refractivity (Wildman–Crippen MR) is 80.9 cm³/mol. The Morgan fingerprint density at radius 2 is 1.90 bits per heavy atom. The normalized spacial score (nSPS) is 15.5. The van der Waals surface area contributed by atoms with Crippen LogP contribution in [0.4, 0.5) is 10.5 Å². The van der Waals surface area contributed by atoms with Crippen molar-refractivity contribution in [1.29, 1.82) is 0 Å². The summed E-state index contributed by atoms with van der Waals surface area (Å²) in [6, 6.07) is 6.20. The summed E-state index contributed by atoms with van der Waals surface area (Å²) in [7, 11) is 0. The number of carbonyl (C=O) groups excluding carboxylic acids is 1. The van der Waals surface area contributed by atoms with Crippen molar-refractivity contribution >= 4 is 29.3 Å². The van der Waals surface area contributed by atoms with Crippen LogP contribution in [-0.4, -0.2) is 42.8 Å². The lowest BCUT2D eigenvalue weighted by Gasteiger charge is -2.28. The van der Waals surface area contributed by atoms with Gasteiger partial charge >= 0.3 is 12.0 Å². The first-order valence-corrected chi connectivity index (χ1v) is 7.20. The van der Waals surface area contributed by atoms with E-state index >= 15 is 0 Å². The molecule has 1 aliphatic heterocycles. The Bertz CT molecular complexity index is 501. The van der Waals surface area contributed by atoms with Gasteiger partial charge in [0.25, 0.3) is 0 Å². The zero-order valence-electron chi connectivity index (χ0n) is 11.5. The molecule has 0 atom stereocenters. The second-order valence-electron chi connectivity index (χ2n) is 4.93. The molecule has 0 unspecified atom stereocenters. The van der Waals surface area contributed by atoms with E-state index in [9.17, 15) is 9.59 Å². The highest BCUT2D eigenvalue weighted by atomic mass is 35.5. The molecule has 7 heteroatoms. The van der Waals surface area contributed by atoms with E-state index in [0.29, 0.717) is 10.7 Å². The number of nitrogens with one attached hydrogen (secondary N) is 2. The highest BCUT2D eigenvalue weighted by molar-refractivity contribution is 6.30. The number of carboxylic acid groups (broad SMARTS) is 1. The quantitative estimate of drug-likeness (QED) is 0.790. The maximum Gasteiger partial charge on any atom is 0.323 e. The molecule has 0 spiro atoms. The third-order valence-corrected chi connectivity index (χ3v) is 3.60. The van der Waals surface area contributed by atoms with Crippen LogP contribution in [0.1, 0.15) is 12.8 Å². The second-order valence-corrected chi connectivity index (χ2v) is 5.37. The smallest absolute Gasteiger partial charge is 0.323 e. The molecule has 6 nitrogen and oxygen atoms in total. The van der Waals surface area contributed by atoms with Crippen LogP contribution in [0.3, 0.4) is 0 Å². The van der Waals surface area contributed by atoms with Crippen molar-refractivity contribution < 1.29 is 14.7 Å². The molecule has 1 heterocycles. The molecule has 1 aliphatic rings. The molecule has 0 bridgehead atoms. The van der Waals surface area contributed by atoms with Crippen LogP contribution >= 0.6 is 11.6 Å².